The molecular weight excluding hydrogens is 488 g/mol. The predicted molar refractivity (Wildman–Crippen MR) is 144 cm³/mol. The van der Waals surface area contributed by atoms with Gasteiger partial charge in [-0.1, -0.05) is 36.4 Å². The molecule has 37 heavy (non-hydrogen) atoms. The van der Waals surface area contributed by atoms with Crippen molar-refractivity contribution in [3.8, 4) is 22.6 Å². The molecule has 1 atom stereocenters. The van der Waals surface area contributed by atoms with Gasteiger partial charge in [-0.3, -0.25) is 0 Å². The fourth-order valence-electron chi connectivity index (χ4n) is 4.93. The Labute approximate surface area is 219 Å². The lowest BCUT2D eigenvalue weighted by Crippen LogP contribution is -2.45. The highest BCUT2D eigenvalue weighted by Crippen LogP contribution is 2.38. The van der Waals surface area contributed by atoms with E-state index in [2.05, 4.69) is 44.8 Å². The Morgan fingerprint density at radius 3 is 2.78 bits per heavy atom. The number of rotatable bonds is 9. The SMILES string of the molecule is OC(CNC1CCN(c2ncnc3scc(-c4ccccc4)c23)CC1)COCc1ccc2c(c1)OCO2. The highest BCUT2D eigenvalue weighted by Gasteiger charge is 2.24. The van der Waals surface area contributed by atoms with E-state index in [1.807, 2.05) is 24.3 Å². The number of thiophene rings is 1. The number of nitrogens with one attached hydrogen (secondary N) is 1. The minimum absolute atomic E-state index is 0.259. The molecule has 2 N–H and O–H groups in total. The van der Waals surface area contributed by atoms with Gasteiger partial charge in [-0.2, -0.15) is 0 Å². The molecule has 2 aliphatic rings. The summed E-state index contributed by atoms with van der Waals surface area (Å²) >= 11 is 1.67. The summed E-state index contributed by atoms with van der Waals surface area (Å²) in [6.07, 6.45) is 3.09. The number of aromatic nitrogens is 2. The van der Waals surface area contributed by atoms with Crippen LogP contribution < -0.4 is 19.7 Å². The Balaban J connectivity index is 0.991. The van der Waals surface area contributed by atoms with Crippen LogP contribution in [0.25, 0.3) is 21.3 Å². The van der Waals surface area contributed by atoms with Crippen molar-refractivity contribution in [1.82, 2.24) is 15.3 Å². The zero-order chi connectivity index (χ0) is 25.0. The predicted octanol–water partition coefficient (Wildman–Crippen LogP) is 4.22. The molecule has 2 aromatic heterocycles. The van der Waals surface area contributed by atoms with Crippen LogP contribution >= 0.6 is 11.3 Å². The Bertz CT molecular complexity index is 1340. The second-order valence-corrected chi connectivity index (χ2v) is 10.3. The van der Waals surface area contributed by atoms with Gasteiger partial charge in [-0.05, 0) is 36.1 Å². The zero-order valence-corrected chi connectivity index (χ0v) is 21.3. The summed E-state index contributed by atoms with van der Waals surface area (Å²) in [5.41, 5.74) is 3.38. The molecule has 9 heteroatoms. The van der Waals surface area contributed by atoms with Crippen LogP contribution in [0.15, 0.2) is 60.2 Å². The molecule has 1 saturated heterocycles. The molecule has 2 aromatic carbocycles. The lowest BCUT2D eigenvalue weighted by atomic mass is 10.0. The maximum Gasteiger partial charge on any atom is 0.231 e. The molecule has 6 rings (SSSR count). The number of anilines is 1. The molecule has 4 aromatic rings. The monoisotopic (exact) mass is 518 g/mol. The third-order valence-electron chi connectivity index (χ3n) is 6.89. The van der Waals surface area contributed by atoms with Gasteiger partial charge in [-0.15, -0.1) is 11.3 Å². The Morgan fingerprint density at radius 1 is 1.08 bits per heavy atom. The zero-order valence-electron chi connectivity index (χ0n) is 20.5. The fraction of sp³-hybridized carbons (Fsp3) is 0.357. The number of ether oxygens (including phenoxy) is 3. The number of hydrogen-bond acceptors (Lipinski definition) is 9. The van der Waals surface area contributed by atoms with E-state index in [1.54, 1.807) is 17.7 Å². The van der Waals surface area contributed by atoms with Crippen LogP contribution in [0.3, 0.4) is 0 Å². The van der Waals surface area contributed by atoms with Crippen molar-refractivity contribution in [3.05, 3.63) is 65.8 Å². The first kappa shape index (κ1) is 24.1. The molecule has 1 fully saturated rings. The maximum absolute atomic E-state index is 10.4. The second-order valence-electron chi connectivity index (χ2n) is 9.42. The summed E-state index contributed by atoms with van der Waals surface area (Å²) < 4.78 is 16.5. The second kappa shape index (κ2) is 11.0. The summed E-state index contributed by atoms with van der Waals surface area (Å²) in [6.45, 7) is 3.28. The van der Waals surface area contributed by atoms with Crippen LogP contribution in [-0.4, -0.2) is 60.3 Å². The number of aliphatic hydroxyl groups is 1. The van der Waals surface area contributed by atoms with Gasteiger partial charge in [0, 0.05) is 36.6 Å². The number of benzene rings is 2. The van der Waals surface area contributed by atoms with E-state index in [9.17, 15) is 5.11 Å². The van der Waals surface area contributed by atoms with E-state index in [1.165, 1.54) is 11.1 Å². The van der Waals surface area contributed by atoms with E-state index in [-0.39, 0.29) is 13.4 Å². The quantitative estimate of drug-likeness (QED) is 0.341. The van der Waals surface area contributed by atoms with Crippen molar-refractivity contribution in [2.24, 2.45) is 0 Å². The topological polar surface area (TPSA) is 89.0 Å². The van der Waals surface area contributed by atoms with Gasteiger partial charge >= 0.3 is 0 Å². The minimum Gasteiger partial charge on any atom is -0.454 e. The third-order valence-corrected chi connectivity index (χ3v) is 7.77. The fourth-order valence-corrected chi connectivity index (χ4v) is 5.84. The highest BCUT2D eigenvalue weighted by atomic mass is 32.1. The van der Waals surface area contributed by atoms with Crippen molar-refractivity contribution >= 4 is 27.4 Å². The molecule has 4 heterocycles. The molecule has 8 nitrogen and oxygen atoms in total. The van der Waals surface area contributed by atoms with Crippen LogP contribution in [0.2, 0.25) is 0 Å². The van der Waals surface area contributed by atoms with Crippen molar-refractivity contribution < 1.29 is 19.3 Å². The molecule has 0 radical (unpaired) electrons. The number of aliphatic hydroxyl groups excluding tert-OH is 1. The van der Waals surface area contributed by atoms with Crippen molar-refractivity contribution in [2.45, 2.75) is 31.6 Å². The maximum atomic E-state index is 10.4. The summed E-state index contributed by atoms with van der Waals surface area (Å²) in [7, 11) is 0. The molecule has 2 aliphatic heterocycles. The first-order valence-corrected chi connectivity index (χ1v) is 13.5. The summed E-state index contributed by atoms with van der Waals surface area (Å²) in [6, 6.07) is 16.6. The van der Waals surface area contributed by atoms with Gasteiger partial charge in [0.25, 0.3) is 0 Å². The Morgan fingerprint density at radius 2 is 1.92 bits per heavy atom. The normalized spacial score (nSPS) is 16.4. The van der Waals surface area contributed by atoms with Crippen LogP contribution in [0, 0.1) is 0 Å². The molecular formula is C28H30N4O4S. The highest BCUT2D eigenvalue weighted by molar-refractivity contribution is 7.17. The van der Waals surface area contributed by atoms with Gasteiger partial charge < -0.3 is 29.5 Å². The molecule has 192 valence electrons. The number of nitrogens with zero attached hydrogens (tertiary/aromatic N) is 3. The summed E-state index contributed by atoms with van der Waals surface area (Å²) in [4.78, 5) is 12.6. The third kappa shape index (κ3) is 5.40. The van der Waals surface area contributed by atoms with E-state index < -0.39 is 6.10 Å². The lowest BCUT2D eigenvalue weighted by Gasteiger charge is -2.34. The number of piperidine rings is 1. The standard InChI is InChI=1S/C28H30N4O4S/c33-22(15-34-14-19-6-7-24-25(12-19)36-18-35-24)13-29-21-8-10-32(11-9-21)27-26-23(20-4-2-1-3-5-20)16-37-28(26)31-17-30-27/h1-7,12,16-17,21-22,29,33H,8-11,13-15,18H2. The van der Waals surface area contributed by atoms with Crippen LogP contribution in [0.4, 0.5) is 5.82 Å². The van der Waals surface area contributed by atoms with Crippen LogP contribution in [0.5, 0.6) is 11.5 Å². The minimum atomic E-state index is -0.562. The van der Waals surface area contributed by atoms with Gasteiger partial charge in [0.2, 0.25) is 6.79 Å². The smallest absolute Gasteiger partial charge is 0.231 e. The van der Waals surface area contributed by atoms with Gasteiger partial charge in [0.1, 0.15) is 17.0 Å². The van der Waals surface area contributed by atoms with E-state index in [0.29, 0.717) is 19.2 Å². The van der Waals surface area contributed by atoms with Gasteiger partial charge in [-0.25, -0.2) is 9.97 Å². The molecule has 0 amide bonds. The van der Waals surface area contributed by atoms with E-state index >= 15 is 0 Å². The average molecular weight is 519 g/mol. The van der Waals surface area contributed by atoms with Gasteiger partial charge in [0.05, 0.1) is 24.7 Å². The average Bonchev–Trinajstić information content (AvgIpc) is 3.60. The van der Waals surface area contributed by atoms with Gasteiger partial charge in [0.15, 0.2) is 11.5 Å². The molecule has 0 aliphatic carbocycles. The Hall–Kier alpha value is -3.24. The molecule has 0 saturated carbocycles. The summed E-state index contributed by atoms with van der Waals surface area (Å²) in [5.74, 6) is 2.52. The van der Waals surface area contributed by atoms with Crippen LogP contribution in [0.1, 0.15) is 18.4 Å². The molecule has 1 unspecified atom stereocenters. The molecule has 0 bridgehead atoms. The number of hydrogen-bond donors (Lipinski definition) is 2. The lowest BCUT2D eigenvalue weighted by molar-refractivity contribution is 0.0272. The van der Waals surface area contributed by atoms with Crippen LogP contribution in [-0.2, 0) is 11.3 Å². The van der Waals surface area contributed by atoms with E-state index in [4.69, 9.17) is 19.2 Å². The first-order valence-electron chi connectivity index (χ1n) is 12.6. The number of fused-ring (bicyclic) bond motifs is 2. The summed E-state index contributed by atoms with van der Waals surface area (Å²) in [5, 5.41) is 17.3. The first-order chi connectivity index (χ1) is 18.2. The van der Waals surface area contributed by atoms with E-state index in [0.717, 1.165) is 59.0 Å². The van der Waals surface area contributed by atoms with Crippen molar-refractivity contribution in [2.75, 3.05) is 37.9 Å². The molecule has 0 spiro atoms. The largest absolute Gasteiger partial charge is 0.454 e. The van der Waals surface area contributed by atoms with Crippen molar-refractivity contribution in [3.63, 3.8) is 0 Å². The Kier molecular flexibility index (Phi) is 7.18. The van der Waals surface area contributed by atoms with Crippen molar-refractivity contribution in [1.29, 1.82) is 0 Å².